The van der Waals surface area contributed by atoms with Gasteiger partial charge in [-0.3, -0.25) is 0 Å². The number of para-hydroxylation sites is 1. The van der Waals surface area contributed by atoms with Gasteiger partial charge in [-0.15, -0.1) is 5.10 Å². The summed E-state index contributed by atoms with van der Waals surface area (Å²) in [4.78, 5) is 6.70. The van der Waals surface area contributed by atoms with Crippen molar-refractivity contribution in [3.05, 3.63) is 71.9 Å². The van der Waals surface area contributed by atoms with Crippen molar-refractivity contribution in [3.8, 4) is 0 Å². The van der Waals surface area contributed by atoms with Gasteiger partial charge in [0.25, 0.3) is 0 Å². The molecule has 0 bridgehead atoms. The Hall–Kier alpha value is -2.95. The van der Waals surface area contributed by atoms with E-state index >= 15 is 0 Å². The second kappa shape index (κ2) is 7.55. The number of aryl methyl sites for hydroxylation is 1. The molecule has 0 fully saturated rings. The Morgan fingerprint density at radius 2 is 1.88 bits per heavy atom. The first-order chi connectivity index (χ1) is 11.8. The quantitative estimate of drug-likeness (QED) is 0.745. The number of benzene rings is 2. The summed E-state index contributed by atoms with van der Waals surface area (Å²) in [6, 6.07) is 18.5. The van der Waals surface area contributed by atoms with Crippen molar-refractivity contribution >= 4 is 17.5 Å². The summed E-state index contributed by atoms with van der Waals surface area (Å²) in [6.07, 6.45) is 1.69. The van der Waals surface area contributed by atoms with E-state index in [4.69, 9.17) is 0 Å². The maximum atomic E-state index is 4.60. The van der Waals surface area contributed by atoms with E-state index in [-0.39, 0.29) is 0 Å². The van der Waals surface area contributed by atoms with Crippen molar-refractivity contribution in [2.24, 2.45) is 0 Å². The standard InChI is InChI=1S/C19H21N5/c1-3-24(17-10-5-4-6-11-17)18-14-21-23-19(22-18)20-13-16-9-7-8-15(2)12-16/h4-12,14H,3,13H2,1-2H3,(H,20,22,23). The number of hydrogen-bond acceptors (Lipinski definition) is 5. The first kappa shape index (κ1) is 15.9. The van der Waals surface area contributed by atoms with Crippen LogP contribution in [-0.2, 0) is 6.54 Å². The molecule has 0 amide bonds. The van der Waals surface area contributed by atoms with Crippen LogP contribution in [0.4, 0.5) is 17.5 Å². The van der Waals surface area contributed by atoms with Crippen molar-refractivity contribution in [2.45, 2.75) is 20.4 Å². The van der Waals surface area contributed by atoms with Crippen molar-refractivity contribution in [2.75, 3.05) is 16.8 Å². The topological polar surface area (TPSA) is 53.9 Å². The van der Waals surface area contributed by atoms with E-state index in [1.807, 2.05) is 18.2 Å². The number of rotatable bonds is 6. The summed E-state index contributed by atoms with van der Waals surface area (Å²) in [7, 11) is 0. The lowest BCUT2D eigenvalue weighted by Gasteiger charge is -2.21. The Labute approximate surface area is 142 Å². The average Bonchev–Trinajstić information content (AvgIpc) is 2.62. The highest BCUT2D eigenvalue weighted by atomic mass is 15.3. The van der Waals surface area contributed by atoms with Crippen LogP contribution >= 0.6 is 0 Å². The SMILES string of the molecule is CCN(c1ccccc1)c1cnnc(NCc2cccc(C)c2)n1. The van der Waals surface area contributed by atoms with Crippen LogP contribution in [0.5, 0.6) is 0 Å². The third-order valence-electron chi connectivity index (χ3n) is 3.74. The number of nitrogens with zero attached hydrogens (tertiary/aromatic N) is 4. The molecule has 1 heterocycles. The molecule has 1 aromatic heterocycles. The molecule has 0 unspecified atom stereocenters. The molecule has 24 heavy (non-hydrogen) atoms. The van der Waals surface area contributed by atoms with Gasteiger partial charge in [-0.1, -0.05) is 48.0 Å². The molecule has 3 rings (SSSR count). The van der Waals surface area contributed by atoms with Gasteiger partial charge < -0.3 is 10.2 Å². The highest BCUT2D eigenvalue weighted by Crippen LogP contribution is 2.22. The first-order valence-corrected chi connectivity index (χ1v) is 8.08. The Morgan fingerprint density at radius 3 is 2.62 bits per heavy atom. The molecule has 0 radical (unpaired) electrons. The van der Waals surface area contributed by atoms with Gasteiger partial charge in [-0.2, -0.15) is 10.1 Å². The van der Waals surface area contributed by atoms with E-state index in [0.717, 1.165) is 18.1 Å². The zero-order valence-corrected chi connectivity index (χ0v) is 14.0. The maximum Gasteiger partial charge on any atom is 0.244 e. The van der Waals surface area contributed by atoms with E-state index in [0.29, 0.717) is 12.5 Å². The molecule has 0 atom stereocenters. The first-order valence-electron chi connectivity index (χ1n) is 8.08. The summed E-state index contributed by atoms with van der Waals surface area (Å²) >= 11 is 0. The predicted octanol–water partition coefficient (Wildman–Crippen LogP) is 3.95. The maximum absolute atomic E-state index is 4.60. The van der Waals surface area contributed by atoms with Crippen LogP contribution in [-0.4, -0.2) is 21.7 Å². The highest BCUT2D eigenvalue weighted by molar-refractivity contribution is 5.59. The largest absolute Gasteiger partial charge is 0.349 e. The Bertz CT molecular complexity index is 789. The summed E-state index contributed by atoms with van der Waals surface area (Å²) in [5.74, 6) is 1.31. The van der Waals surface area contributed by atoms with Crippen LogP contribution in [0.15, 0.2) is 60.8 Å². The predicted molar refractivity (Wildman–Crippen MR) is 97.5 cm³/mol. The van der Waals surface area contributed by atoms with Crippen molar-refractivity contribution in [1.82, 2.24) is 15.2 Å². The summed E-state index contributed by atoms with van der Waals surface area (Å²) in [6.45, 7) is 5.65. The smallest absolute Gasteiger partial charge is 0.244 e. The molecule has 0 aliphatic carbocycles. The van der Waals surface area contributed by atoms with E-state index in [1.54, 1.807) is 6.20 Å². The van der Waals surface area contributed by atoms with Gasteiger partial charge in [0.2, 0.25) is 5.95 Å². The molecule has 5 nitrogen and oxygen atoms in total. The lowest BCUT2D eigenvalue weighted by atomic mass is 10.1. The van der Waals surface area contributed by atoms with Crippen LogP contribution in [0.2, 0.25) is 0 Å². The third kappa shape index (κ3) is 3.87. The monoisotopic (exact) mass is 319 g/mol. The molecular formula is C19H21N5. The van der Waals surface area contributed by atoms with Gasteiger partial charge in [0, 0.05) is 18.8 Å². The van der Waals surface area contributed by atoms with Crippen LogP contribution in [0.25, 0.3) is 0 Å². The molecule has 0 aliphatic rings. The normalized spacial score (nSPS) is 10.4. The Morgan fingerprint density at radius 1 is 1.04 bits per heavy atom. The zero-order chi connectivity index (χ0) is 16.8. The minimum Gasteiger partial charge on any atom is -0.349 e. The number of anilines is 3. The zero-order valence-electron chi connectivity index (χ0n) is 14.0. The molecular weight excluding hydrogens is 298 g/mol. The van der Waals surface area contributed by atoms with E-state index < -0.39 is 0 Å². The van der Waals surface area contributed by atoms with Crippen LogP contribution in [0.3, 0.4) is 0 Å². The minimum atomic E-state index is 0.531. The van der Waals surface area contributed by atoms with Gasteiger partial charge in [-0.05, 0) is 31.5 Å². The summed E-state index contributed by atoms with van der Waals surface area (Å²) in [5.41, 5.74) is 3.52. The van der Waals surface area contributed by atoms with Gasteiger partial charge >= 0.3 is 0 Å². The van der Waals surface area contributed by atoms with Gasteiger partial charge in [0.15, 0.2) is 5.82 Å². The van der Waals surface area contributed by atoms with Crippen LogP contribution in [0.1, 0.15) is 18.1 Å². The van der Waals surface area contributed by atoms with Crippen molar-refractivity contribution in [1.29, 1.82) is 0 Å². The third-order valence-corrected chi connectivity index (χ3v) is 3.74. The lowest BCUT2D eigenvalue weighted by molar-refractivity contribution is 0.905. The van der Waals surface area contributed by atoms with Gasteiger partial charge in [0.1, 0.15) is 0 Å². The number of hydrogen-bond donors (Lipinski definition) is 1. The number of aromatic nitrogens is 3. The van der Waals surface area contributed by atoms with E-state index in [1.165, 1.54) is 11.1 Å². The molecule has 0 saturated heterocycles. The molecule has 2 aromatic carbocycles. The minimum absolute atomic E-state index is 0.531. The Balaban J connectivity index is 1.76. The Kier molecular flexibility index (Phi) is 5.01. The van der Waals surface area contributed by atoms with Gasteiger partial charge in [0.05, 0.1) is 6.20 Å². The molecule has 122 valence electrons. The number of nitrogens with one attached hydrogen (secondary N) is 1. The van der Waals surface area contributed by atoms with E-state index in [9.17, 15) is 0 Å². The molecule has 0 aliphatic heterocycles. The summed E-state index contributed by atoms with van der Waals surface area (Å²) < 4.78 is 0. The van der Waals surface area contributed by atoms with Crippen molar-refractivity contribution in [3.63, 3.8) is 0 Å². The fourth-order valence-corrected chi connectivity index (χ4v) is 2.59. The molecule has 5 heteroatoms. The van der Waals surface area contributed by atoms with Crippen molar-refractivity contribution < 1.29 is 0 Å². The molecule has 1 N–H and O–H groups in total. The molecule has 3 aromatic rings. The fraction of sp³-hybridized carbons (Fsp3) is 0.211. The fourth-order valence-electron chi connectivity index (χ4n) is 2.59. The second-order valence-electron chi connectivity index (χ2n) is 5.56. The average molecular weight is 319 g/mol. The second-order valence-corrected chi connectivity index (χ2v) is 5.56. The lowest BCUT2D eigenvalue weighted by Crippen LogP contribution is -2.18. The van der Waals surface area contributed by atoms with E-state index in [2.05, 4.69) is 75.6 Å². The molecule has 0 spiro atoms. The molecule has 0 saturated carbocycles. The van der Waals surface area contributed by atoms with Crippen LogP contribution < -0.4 is 10.2 Å². The van der Waals surface area contributed by atoms with Crippen LogP contribution in [0, 0.1) is 6.92 Å². The summed E-state index contributed by atoms with van der Waals surface area (Å²) in [5, 5.41) is 11.4. The highest BCUT2D eigenvalue weighted by Gasteiger charge is 2.10. The van der Waals surface area contributed by atoms with Gasteiger partial charge in [-0.25, -0.2) is 0 Å².